The lowest BCUT2D eigenvalue weighted by Gasteiger charge is -2.10. The van der Waals surface area contributed by atoms with E-state index in [0.29, 0.717) is 0 Å². The number of hydrogen-bond donors (Lipinski definition) is 1. The highest BCUT2D eigenvalue weighted by atomic mass is 35.5. The second-order valence-electron chi connectivity index (χ2n) is 2.52. The van der Waals surface area contributed by atoms with E-state index in [4.69, 9.17) is 17.3 Å². The smallest absolute Gasteiger partial charge is 0.142 e. The zero-order valence-electron chi connectivity index (χ0n) is 7.14. The van der Waals surface area contributed by atoms with Crippen LogP contribution in [0.4, 0.5) is 8.78 Å². The van der Waals surface area contributed by atoms with E-state index in [1.54, 1.807) is 0 Å². The summed E-state index contributed by atoms with van der Waals surface area (Å²) in [5.41, 5.74) is 5.40. The van der Waals surface area contributed by atoms with Crippen molar-refractivity contribution in [1.29, 1.82) is 0 Å². The molecular weight excluding hydrogens is 231 g/mol. The molecule has 78 valence electrons. The minimum absolute atomic E-state index is 0. The summed E-state index contributed by atoms with van der Waals surface area (Å²) in [6.07, 6.45) is 1.30. The lowest BCUT2D eigenvalue weighted by molar-refractivity contribution is 0.579. The molecule has 1 rings (SSSR count). The van der Waals surface area contributed by atoms with E-state index in [2.05, 4.69) is 6.58 Å². The summed E-state index contributed by atoms with van der Waals surface area (Å²) in [6.45, 7) is 3.38. The van der Waals surface area contributed by atoms with Gasteiger partial charge >= 0.3 is 0 Å². The number of hydrogen-bond acceptors (Lipinski definition) is 1. The Balaban J connectivity index is 0.00000169. The van der Waals surface area contributed by atoms with Crippen LogP contribution in [-0.4, -0.2) is 0 Å². The predicted molar refractivity (Wildman–Crippen MR) is 55.7 cm³/mol. The van der Waals surface area contributed by atoms with Gasteiger partial charge in [-0.15, -0.1) is 19.0 Å². The number of nitrogens with two attached hydrogens (primary N) is 1. The van der Waals surface area contributed by atoms with Crippen molar-refractivity contribution in [1.82, 2.24) is 0 Å². The van der Waals surface area contributed by atoms with Gasteiger partial charge in [0.25, 0.3) is 0 Å². The Labute approximate surface area is 92.0 Å². The molecule has 1 aromatic rings. The molecule has 1 atom stereocenters. The van der Waals surface area contributed by atoms with E-state index < -0.39 is 17.7 Å². The zero-order chi connectivity index (χ0) is 10.0. The zero-order valence-corrected chi connectivity index (χ0v) is 8.71. The largest absolute Gasteiger partial charge is 0.321 e. The van der Waals surface area contributed by atoms with Gasteiger partial charge in [-0.1, -0.05) is 17.7 Å². The van der Waals surface area contributed by atoms with Gasteiger partial charge in [0.15, 0.2) is 0 Å². The van der Waals surface area contributed by atoms with Gasteiger partial charge in [0.1, 0.15) is 11.6 Å². The van der Waals surface area contributed by atoms with Gasteiger partial charge in [-0.3, -0.25) is 0 Å². The van der Waals surface area contributed by atoms with Crippen molar-refractivity contribution in [2.75, 3.05) is 0 Å². The Kier molecular flexibility index (Phi) is 5.05. The van der Waals surface area contributed by atoms with Gasteiger partial charge in [0, 0.05) is 5.56 Å². The Hall–Kier alpha value is -0.640. The number of halogens is 4. The molecule has 0 bridgehead atoms. The van der Waals surface area contributed by atoms with E-state index in [1.165, 1.54) is 6.08 Å². The van der Waals surface area contributed by atoms with Gasteiger partial charge in [-0.2, -0.15) is 0 Å². The normalized spacial score (nSPS) is 11.7. The van der Waals surface area contributed by atoms with E-state index in [9.17, 15) is 8.78 Å². The van der Waals surface area contributed by atoms with Gasteiger partial charge < -0.3 is 5.73 Å². The first-order valence-electron chi connectivity index (χ1n) is 3.59. The maximum atomic E-state index is 13.1. The summed E-state index contributed by atoms with van der Waals surface area (Å²) in [5, 5.41) is -0.285. The second-order valence-corrected chi connectivity index (χ2v) is 2.90. The Morgan fingerprint density at radius 2 is 1.86 bits per heavy atom. The third kappa shape index (κ3) is 2.44. The van der Waals surface area contributed by atoms with Gasteiger partial charge in [0.05, 0.1) is 11.1 Å². The summed E-state index contributed by atoms with van der Waals surface area (Å²) in [7, 11) is 0. The molecule has 1 nitrogen and oxygen atoms in total. The molecule has 0 fully saturated rings. The fourth-order valence-corrected chi connectivity index (χ4v) is 1.25. The highest BCUT2D eigenvalue weighted by molar-refractivity contribution is 6.31. The summed E-state index contributed by atoms with van der Waals surface area (Å²) in [5.74, 6) is -1.31. The maximum absolute atomic E-state index is 13.1. The van der Waals surface area contributed by atoms with Crippen molar-refractivity contribution in [3.05, 3.63) is 47.0 Å². The van der Waals surface area contributed by atoms with Crippen LogP contribution in [0.3, 0.4) is 0 Å². The van der Waals surface area contributed by atoms with Gasteiger partial charge in [0.2, 0.25) is 0 Å². The van der Waals surface area contributed by atoms with Crippen LogP contribution in [0, 0.1) is 11.6 Å². The maximum Gasteiger partial charge on any atom is 0.142 e. The van der Waals surface area contributed by atoms with Crippen LogP contribution in [0.5, 0.6) is 0 Å². The van der Waals surface area contributed by atoms with Crippen molar-refractivity contribution in [2.24, 2.45) is 5.73 Å². The standard InChI is InChI=1S/C9H8ClF2N.ClH/c1-2-7(13)8-5(11)3-4-6(12)9(8)10;/h2-4,7H,1,13H2;1H/t7-;/m0./s1. The van der Waals surface area contributed by atoms with E-state index in [1.807, 2.05) is 0 Å². The van der Waals surface area contributed by atoms with Crippen molar-refractivity contribution >= 4 is 24.0 Å². The topological polar surface area (TPSA) is 26.0 Å². The number of rotatable bonds is 2. The van der Waals surface area contributed by atoms with Crippen LogP contribution in [-0.2, 0) is 0 Å². The molecule has 2 N–H and O–H groups in total. The van der Waals surface area contributed by atoms with Crippen LogP contribution in [0.2, 0.25) is 5.02 Å². The lowest BCUT2D eigenvalue weighted by Crippen LogP contribution is -2.10. The first-order chi connectivity index (χ1) is 6.07. The molecule has 0 aliphatic carbocycles. The summed E-state index contributed by atoms with van der Waals surface area (Å²) in [6, 6.07) is 1.15. The van der Waals surface area contributed by atoms with Gasteiger partial charge in [-0.25, -0.2) is 8.78 Å². The van der Waals surface area contributed by atoms with Crippen molar-refractivity contribution in [3.63, 3.8) is 0 Å². The van der Waals surface area contributed by atoms with Crippen molar-refractivity contribution in [2.45, 2.75) is 6.04 Å². The molecule has 0 aliphatic heterocycles. The first kappa shape index (κ1) is 13.4. The SMILES string of the molecule is C=C[C@H](N)c1c(F)ccc(F)c1Cl.Cl. The highest BCUT2D eigenvalue weighted by Crippen LogP contribution is 2.27. The van der Waals surface area contributed by atoms with Crippen LogP contribution < -0.4 is 5.73 Å². The summed E-state index contributed by atoms with van der Waals surface area (Å²) >= 11 is 5.53. The molecule has 0 saturated carbocycles. The molecule has 0 unspecified atom stereocenters. The molecular formula is C9H9Cl2F2N. The first-order valence-corrected chi connectivity index (χ1v) is 3.97. The van der Waals surface area contributed by atoms with Crippen LogP contribution >= 0.6 is 24.0 Å². The summed E-state index contributed by atoms with van der Waals surface area (Å²) in [4.78, 5) is 0. The van der Waals surface area contributed by atoms with E-state index in [0.717, 1.165) is 12.1 Å². The minimum atomic E-state index is -0.789. The third-order valence-corrected chi connectivity index (χ3v) is 2.05. The number of benzene rings is 1. The molecule has 0 radical (unpaired) electrons. The molecule has 0 saturated heterocycles. The van der Waals surface area contributed by atoms with Crippen molar-refractivity contribution < 1.29 is 8.78 Å². The minimum Gasteiger partial charge on any atom is -0.321 e. The Morgan fingerprint density at radius 3 is 2.36 bits per heavy atom. The lowest BCUT2D eigenvalue weighted by atomic mass is 10.1. The van der Waals surface area contributed by atoms with Crippen LogP contribution in [0.25, 0.3) is 0 Å². The molecule has 0 heterocycles. The van der Waals surface area contributed by atoms with E-state index in [-0.39, 0.29) is 23.0 Å². The van der Waals surface area contributed by atoms with E-state index >= 15 is 0 Å². The third-order valence-electron chi connectivity index (χ3n) is 1.67. The Morgan fingerprint density at radius 1 is 1.36 bits per heavy atom. The molecule has 5 heteroatoms. The molecule has 0 amide bonds. The molecule has 0 spiro atoms. The average molecular weight is 240 g/mol. The monoisotopic (exact) mass is 239 g/mol. The van der Waals surface area contributed by atoms with Gasteiger partial charge in [-0.05, 0) is 12.1 Å². The fraction of sp³-hybridized carbons (Fsp3) is 0.111. The molecule has 14 heavy (non-hydrogen) atoms. The van der Waals surface area contributed by atoms with Crippen LogP contribution in [0.1, 0.15) is 11.6 Å². The summed E-state index contributed by atoms with van der Waals surface area (Å²) < 4.78 is 26.0. The van der Waals surface area contributed by atoms with Crippen LogP contribution in [0.15, 0.2) is 24.8 Å². The molecule has 0 aliphatic rings. The quantitative estimate of drug-likeness (QED) is 0.623. The highest BCUT2D eigenvalue weighted by Gasteiger charge is 2.15. The predicted octanol–water partition coefficient (Wildman–Crippen LogP) is 3.23. The van der Waals surface area contributed by atoms with Crippen molar-refractivity contribution in [3.8, 4) is 0 Å². The Bertz CT molecular complexity index is 342. The average Bonchev–Trinajstić information content (AvgIpc) is 2.12. The second kappa shape index (κ2) is 5.29. The fourth-order valence-electron chi connectivity index (χ4n) is 0.966. The molecule has 0 aromatic heterocycles. The molecule has 1 aromatic carbocycles.